The maximum atomic E-state index is 10.9. The van der Waals surface area contributed by atoms with Crippen LogP contribution in [0.4, 0.5) is 0 Å². The number of hydrogen-bond acceptors (Lipinski definition) is 2. The van der Waals surface area contributed by atoms with Crippen molar-refractivity contribution < 1.29 is 9.53 Å². The number of ketones is 1. The summed E-state index contributed by atoms with van der Waals surface area (Å²) in [6, 6.07) is 0. The van der Waals surface area contributed by atoms with Crippen molar-refractivity contribution in [3.05, 3.63) is 12.3 Å². The lowest BCUT2D eigenvalue weighted by atomic mass is 10.2. The molecule has 0 heterocycles. The number of rotatable bonds is 4. The number of hydrogen-bond donors (Lipinski definition) is 0. The van der Waals surface area contributed by atoms with Gasteiger partial charge in [-0.05, 0) is 5.92 Å². The van der Waals surface area contributed by atoms with Crippen LogP contribution in [0, 0.1) is 5.92 Å². The summed E-state index contributed by atoms with van der Waals surface area (Å²) in [6.07, 6.45) is 2.35. The van der Waals surface area contributed by atoms with Gasteiger partial charge in [0.05, 0.1) is 12.9 Å². The highest BCUT2D eigenvalue weighted by atomic mass is 35.6. The minimum Gasteiger partial charge on any atom is -0.501 e. The molecule has 0 aromatic carbocycles. The summed E-state index contributed by atoms with van der Waals surface area (Å²) >= 11 is 15.9. The molecule has 0 amide bonds. The summed E-state index contributed by atoms with van der Waals surface area (Å²) in [5, 5.41) is 0. The average molecular weight is 246 g/mol. The molecule has 0 fully saturated rings. The lowest BCUT2D eigenvalue weighted by Crippen LogP contribution is -2.15. The Labute approximate surface area is 92.8 Å². The summed E-state index contributed by atoms with van der Waals surface area (Å²) < 4.78 is 3.09. The summed E-state index contributed by atoms with van der Waals surface area (Å²) in [6.45, 7) is 4.51. The van der Waals surface area contributed by atoms with Crippen LogP contribution in [0.2, 0.25) is 0 Å². The Hall–Kier alpha value is 0.0800. The average Bonchev–Trinajstić information content (AvgIpc) is 1.95. The second-order valence-corrected chi connectivity index (χ2v) is 5.17. The van der Waals surface area contributed by atoms with E-state index in [1.54, 1.807) is 0 Å². The summed E-state index contributed by atoms with van der Waals surface area (Å²) in [5.41, 5.74) is 0. The van der Waals surface area contributed by atoms with Crippen molar-refractivity contribution in [1.29, 1.82) is 0 Å². The van der Waals surface area contributed by atoms with Gasteiger partial charge in [0, 0.05) is 6.08 Å². The highest BCUT2D eigenvalue weighted by Gasteiger charge is 2.27. The van der Waals surface area contributed by atoms with E-state index in [0.29, 0.717) is 12.5 Å². The van der Waals surface area contributed by atoms with Gasteiger partial charge < -0.3 is 4.74 Å². The van der Waals surface area contributed by atoms with Gasteiger partial charge in [0.15, 0.2) is 0 Å². The van der Waals surface area contributed by atoms with Crippen molar-refractivity contribution in [3.63, 3.8) is 0 Å². The van der Waals surface area contributed by atoms with Gasteiger partial charge in [0.25, 0.3) is 3.79 Å². The third kappa shape index (κ3) is 7.17. The van der Waals surface area contributed by atoms with Crippen LogP contribution in [0.1, 0.15) is 13.8 Å². The Morgan fingerprint density at radius 2 is 2.00 bits per heavy atom. The molecule has 5 heteroatoms. The molecule has 0 aliphatic heterocycles. The third-order valence-electron chi connectivity index (χ3n) is 1.02. The van der Waals surface area contributed by atoms with Gasteiger partial charge in [-0.1, -0.05) is 48.7 Å². The quantitative estimate of drug-likeness (QED) is 0.432. The minimum absolute atomic E-state index is 0.396. The molecule has 0 radical (unpaired) electrons. The normalized spacial score (nSPS) is 12.5. The van der Waals surface area contributed by atoms with Crippen LogP contribution in [0.15, 0.2) is 12.3 Å². The fraction of sp³-hybridized carbons (Fsp3) is 0.625. The molecule has 2 nitrogen and oxygen atoms in total. The molecule has 0 bridgehead atoms. The van der Waals surface area contributed by atoms with Gasteiger partial charge in [-0.3, -0.25) is 4.79 Å². The SMILES string of the molecule is CC(C)CO/C=C/C(=O)C(Cl)(Cl)Cl. The highest BCUT2D eigenvalue weighted by molar-refractivity contribution is 6.77. The fourth-order valence-corrected chi connectivity index (χ4v) is 0.641. The maximum Gasteiger partial charge on any atom is 0.252 e. The molecule has 0 rings (SSSR count). The van der Waals surface area contributed by atoms with Crippen molar-refractivity contribution in [3.8, 4) is 0 Å². The monoisotopic (exact) mass is 244 g/mol. The van der Waals surface area contributed by atoms with Crippen LogP contribution in [0.5, 0.6) is 0 Å². The van der Waals surface area contributed by atoms with Crippen LogP contribution in [-0.4, -0.2) is 16.2 Å². The van der Waals surface area contributed by atoms with Crippen LogP contribution < -0.4 is 0 Å². The second-order valence-electron chi connectivity index (χ2n) is 2.89. The molecular formula is C8H11Cl3O2. The van der Waals surface area contributed by atoms with Crippen molar-refractivity contribution in [2.45, 2.75) is 17.6 Å². The van der Waals surface area contributed by atoms with Crippen molar-refractivity contribution in [2.75, 3.05) is 6.61 Å². The van der Waals surface area contributed by atoms with E-state index in [0.717, 1.165) is 6.08 Å². The van der Waals surface area contributed by atoms with Crippen molar-refractivity contribution in [1.82, 2.24) is 0 Å². The fourth-order valence-electron chi connectivity index (χ4n) is 0.452. The van der Waals surface area contributed by atoms with E-state index in [9.17, 15) is 4.79 Å². The first-order valence-corrected chi connectivity index (χ1v) is 4.86. The molecule has 0 saturated carbocycles. The Kier molecular flexibility index (Phi) is 5.77. The van der Waals surface area contributed by atoms with Gasteiger partial charge in [-0.2, -0.15) is 0 Å². The van der Waals surface area contributed by atoms with E-state index in [2.05, 4.69) is 0 Å². The first-order chi connectivity index (χ1) is 5.84. The van der Waals surface area contributed by atoms with Gasteiger partial charge >= 0.3 is 0 Å². The van der Waals surface area contributed by atoms with Crippen molar-refractivity contribution >= 4 is 40.6 Å². The van der Waals surface area contributed by atoms with E-state index >= 15 is 0 Å². The Balaban J connectivity index is 3.80. The van der Waals surface area contributed by atoms with Crippen molar-refractivity contribution in [2.24, 2.45) is 5.92 Å². The number of ether oxygens (including phenoxy) is 1. The van der Waals surface area contributed by atoms with Crippen LogP contribution in [0.3, 0.4) is 0 Å². The van der Waals surface area contributed by atoms with E-state index < -0.39 is 9.58 Å². The molecule has 0 saturated heterocycles. The molecule has 0 spiro atoms. The zero-order chi connectivity index (χ0) is 10.5. The zero-order valence-electron chi connectivity index (χ0n) is 7.39. The van der Waals surface area contributed by atoms with Gasteiger partial charge in [0.2, 0.25) is 5.78 Å². The standard InChI is InChI=1S/C8H11Cl3O2/c1-6(2)5-13-4-3-7(12)8(9,10)11/h3-4,6H,5H2,1-2H3/b4-3+. The molecule has 0 atom stereocenters. The molecule has 76 valence electrons. The number of carbonyl (C=O) groups is 1. The molecular weight excluding hydrogens is 234 g/mol. The smallest absolute Gasteiger partial charge is 0.252 e. The molecule has 0 unspecified atom stereocenters. The first kappa shape index (κ1) is 13.1. The van der Waals surface area contributed by atoms with Gasteiger partial charge in [-0.25, -0.2) is 0 Å². The van der Waals surface area contributed by atoms with E-state index in [4.69, 9.17) is 39.5 Å². The number of halogens is 3. The van der Waals surface area contributed by atoms with Crippen LogP contribution in [-0.2, 0) is 9.53 Å². The number of alkyl halides is 3. The van der Waals surface area contributed by atoms with E-state index in [-0.39, 0.29) is 0 Å². The maximum absolute atomic E-state index is 10.9. The Morgan fingerprint density at radius 1 is 1.46 bits per heavy atom. The molecule has 0 aromatic heterocycles. The largest absolute Gasteiger partial charge is 0.501 e. The predicted octanol–water partition coefficient (Wildman–Crippen LogP) is 3.11. The summed E-state index contributed by atoms with van der Waals surface area (Å²) in [4.78, 5) is 10.9. The first-order valence-electron chi connectivity index (χ1n) is 3.73. The van der Waals surface area contributed by atoms with Crippen LogP contribution in [0.25, 0.3) is 0 Å². The topological polar surface area (TPSA) is 26.3 Å². The lowest BCUT2D eigenvalue weighted by Gasteiger charge is -2.05. The van der Waals surface area contributed by atoms with Gasteiger partial charge in [-0.15, -0.1) is 0 Å². The predicted molar refractivity (Wildman–Crippen MR) is 55.2 cm³/mol. The molecule has 0 aromatic rings. The molecule has 0 aliphatic carbocycles. The second kappa shape index (κ2) is 5.74. The van der Waals surface area contributed by atoms with E-state index in [1.165, 1.54) is 6.26 Å². The third-order valence-corrected chi connectivity index (χ3v) is 1.58. The van der Waals surface area contributed by atoms with E-state index in [1.807, 2.05) is 13.8 Å². The Bertz CT molecular complexity index is 194. The summed E-state index contributed by atoms with van der Waals surface area (Å²) in [5.74, 6) is -0.214. The molecule has 0 N–H and O–H groups in total. The number of carbonyl (C=O) groups excluding carboxylic acids is 1. The van der Waals surface area contributed by atoms with Crippen LogP contribution >= 0.6 is 34.8 Å². The zero-order valence-corrected chi connectivity index (χ0v) is 9.66. The highest BCUT2D eigenvalue weighted by Crippen LogP contribution is 2.27. The molecule has 0 aliphatic rings. The van der Waals surface area contributed by atoms with Gasteiger partial charge in [0.1, 0.15) is 0 Å². The lowest BCUT2D eigenvalue weighted by molar-refractivity contribution is -0.113. The number of allylic oxidation sites excluding steroid dienone is 1. The summed E-state index contributed by atoms with van der Waals surface area (Å²) in [7, 11) is 0. The minimum atomic E-state index is -1.89. The molecule has 13 heavy (non-hydrogen) atoms. The Morgan fingerprint density at radius 3 is 2.38 bits per heavy atom.